The van der Waals surface area contributed by atoms with Crippen molar-refractivity contribution in [2.45, 2.75) is 19.9 Å². The van der Waals surface area contributed by atoms with E-state index in [1.54, 1.807) is 13.8 Å². The van der Waals surface area contributed by atoms with Crippen molar-refractivity contribution < 1.29 is 24.2 Å². The number of hydrogen-bond donors (Lipinski definition) is 2. The monoisotopic (exact) mass is 425 g/mol. The zero-order chi connectivity index (χ0) is 22.9. The van der Waals surface area contributed by atoms with E-state index in [0.717, 1.165) is 5.56 Å². The van der Waals surface area contributed by atoms with Gasteiger partial charge < -0.3 is 24.6 Å². The summed E-state index contributed by atoms with van der Waals surface area (Å²) in [7, 11) is 5.03. The molecule has 2 heterocycles. The maximum atomic E-state index is 13.1. The van der Waals surface area contributed by atoms with Crippen molar-refractivity contribution in [3.8, 4) is 0 Å². The van der Waals surface area contributed by atoms with Crippen molar-refractivity contribution in [3.05, 3.63) is 64.0 Å². The fraction of sp³-hybridized carbons (Fsp3) is 0.348. The molecule has 1 amide bonds. The van der Waals surface area contributed by atoms with Gasteiger partial charge in [0.1, 0.15) is 11.5 Å². The van der Waals surface area contributed by atoms with Crippen LogP contribution in [0.3, 0.4) is 0 Å². The number of nitrogens with one attached hydrogen (secondary N) is 1. The summed E-state index contributed by atoms with van der Waals surface area (Å²) in [6.45, 7) is 4.23. The third-order valence-electron chi connectivity index (χ3n) is 5.51. The Morgan fingerprint density at radius 3 is 2.42 bits per heavy atom. The summed E-state index contributed by atoms with van der Waals surface area (Å²) < 4.78 is 4.79. The Kier molecular flexibility index (Phi) is 6.31. The highest BCUT2D eigenvalue weighted by molar-refractivity contribution is 6.46. The lowest BCUT2D eigenvalue weighted by Gasteiger charge is -2.26. The van der Waals surface area contributed by atoms with E-state index < -0.39 is 23.7 Å². The van der Waals surface area contributed by atoms with Crippen LogP contribution in [0.25, 0.3) is 5.76 Å². The number of Topliss-reactive ketones (excluding diaryl/α,β-unsaturated/α-hetero) is 1. The second kappa shape index (κ2) is 8.77. The summed E-state index contributed by atoms with van der Waals surface area (Å²) >= 11 is 0. The Labute approximate surface area is 181 Å². The predicted octanol–water partition coefficient (Wildman–Crippen LogP) is 2.40. The highest BCUT2D eigenvalue weighted by Gasteiger charge is 2.46. The Morgan fingerprint density at radius 2 is 1.84 bits per heavy atom. The first-order valence-corrected chi connectivity index (χ1v) is 9.95. The van der Waals surface area contributed by atoms with Crippen molar-refractivity contribution >= 4 is 23.4 Å². The molecular formula is C23H27N3O5. The van der Waals surface area contributed by atoms with Crippen LogP contribution in [0.4, 0.5) is 0 Å². The molecular weight excluding hydrogens is 398 g/mol. The number of likely N-dealkylation sites (N-methyl/N-ethyl adjacent to an activating group) is 1. The van der Waals surface area contributed by atoms with Gasteiger partial charge in [0.25, 0.3) is 11.7 Å². The molecule has 8 nitrogen and oxygen atoms in total. The van der Waals surface area contributed by atoms with Gasteiger partial charge in [-0.1, -0.05) is 30.3 Å². The lowest BCUT2D eigenvalue weighted by atomic mass is 9.94. The van der Waals surface area contributed by atoms with Gasteiger partial charge in [-0.3, -0.25) is 9.59 Å². The molecule has 8 heteroatoms. The van der Waals surface area contributed by atoms with Crippen molar-refractivity contribution in [2.24, 2.45) is 0 Å². The SMILES string of the molecule is COC(=O)c1[nH]c(C)c(C(O)=C2C(=O)C(=O)N(CCN(C)C)[C@H]2c2ccccc2)c1C. The van der Waals surface area contributed by atoms with E-state index in [2.05, 4.69) is 4.98 Å². The number of aliphatic hydroxyl groups excluding tert-OH is 1. The highest BCUT2D eigenvalue weighted by atomic mass is 16.5. The second-order valence-corrected chi connectivity index (χ2v) is 7.82. The summed E-state index contributed by atoms with van der Waals surface area (Å²) in [5, 5.41) is 11.3. The first kappa shape index (κ1) is 22.3. The summed E-state index contributed by atoms with van der Waals surface area (Å²) in [6.07, 6.45) is 0. The molecule has 0 saturated carbocycles. The van der Waals surface area contributed by atoms with Crippen LogP contribution in [0.2, 0.25) is 0 Å². The Balaban J connectivity index is 2.20. The minimum Gasteiger partial charge on any atom is -0.507 e. The predicted molar refractivity (Wildman–Crippen MR) is 116 cm³/mol. The number of carbonyl (C=O) groups excluding carboxylic acids is 3. The standard InChI is InChI=1S/C23H27N3O5/c1-13-16(14(2)24-18(13)23(30)31-5)20(27)17-19(15-9-7-6-8-10-15)26(12-11-25(3)4)22(29)21(17)28/h6-10,19,24,27H,11-12H2,1-5H3/t19-/m0/s1. The van der Waals surface area contributed by atoms with Crippen molar-refractivity contribution in [3.63, 3.8) is 0 Å². The number of ether oxygens (including phenoxy) is 1. The van der Waals surface area contributed by atoms with Crippen LogP contribution < -0.4 is 0 Å². The molecule has 2 aromatic rings. The zero-order valence-corrected chi connectivity index (χ0v) is 18.4. The molecule has 1 fully saturated rings. The molecule has 0 spiro atoms. The maximum Gasteiger partial charge on any atom is 0.354 e. The Morgan fingerprint density at radius 1 is 1.19 bits per heavy atom. The number of nitrogens with zero attached hydrogens (tertiary/aromatic N) is 2. The van der Waals surface area contributed by atoms with Crippen LogP contribution in [0, 0.1) is 13.8 Å². The number of amides is 1. The molecule has 0 bridgehead atoms. The molecule has 1 aromatic heterocycles. The first-order valence-electron chi connectivity index (χ1n) is 9.95. The average Bonchev–Trinajstić information content (AvgIpc) is 3.18. The third-order valence-corrected chi connectivity index (χ3v) is 5.51. The van der Waals surface area contributed by atoms with E-state index >= 15 is 0 Å². The summed E-state index contributed by atoms with van der Waals surface area (Å²) in [5.74, 6) is -2.28. The smallest absolute Gasteiger partial charge is 0.354 e. The normalized spacial score (nSPS) is 18.1. The molecule has 1 aromatic carbocycles. The largest absolute Gasteiger partial charge is 0.507 e. The van der Waals surface area contributed by atoms with Crippen molar-refractivity contribution in [1.82, 2.24) is 14.8 Å². The zero-order valence-electron chi connectivity index (χ0n) is 18.4. The van der Waals surface area contributed by atoms with Gasteiger partial charge in [-0.05, 0) is 39.1 Å². The van der Waals surface area contributed by atoms with E-state index in [4.69, 9.17) is 4.74 Å². The maximum absolute atomic E-state index is 13.1. The van der Waals surface area contributed by atoms with Gasteiger partial charge in [-0.25, -0.2) is 4.79 Å². The van der Waals surface area contributed by atoms with E-state index in [9.17, 15) is 19.5 Å². The van der Waals surface area contributed by atoms with Gasteiger partial charge in [0.15, 0.2) is 0 Å². The fourth-order valence-corrected chi connectivity index (χ4v) is 3.95. The summed E-state index contributed by atoms with van der Waals surface area (Å²) in [6, 6.07) is 8.41. The van der Waals surface area contributed by atoms with Gasteiger partial charge in [0.05, 0.1) is 18.7 Å². The number of rotatable bonds is 6. The number of esters is 1. The topological polar surface area (TPSA) is 103 Å². The molecule has 1 aliphatic heterocycles. The van der Waals surface area contributed by atoms with Crippen LogP contribution >= 0.6 is 0 Å². The number of aromatic nitrogens is 1. The number of hydrogen-bond acceptors (Lipinski definition) is 6. The van der Waals surface area contributed by atoms with Gasteiger partial charge in [0, 0.05) is 24.3 Å². The van der Waals surface area contributed by atoms with Gasteiger partial charge in [-0.2, -0.15) is 0 Å². The van der Waals surface area contributed by atoms with Crippen LogP contribution in [0.1, 0.15) is 38.9 Å². The molecule has 1 aliphatic rings. The summed E-state index contributed by atoms with van der Waals surface area (Å²) in [5.41, 5.74) is 2.21. The van der Waals surface area contributed by atoms with Crippen molar-refractivity contribution in [1.29, 1.82) is 0 Å². The second-order valence-electron chi connectivity index (χ2n) is 7.82. The molecule has 3 rings (SSSR count). The van der Waals surface area contributed by atoms with E-state index in [1.807, 2.05) is 49.3 Å². The number of aliphatic hydroxyl groups is 1. The molecule has 0 radical (unpaired) electrons. The first-order chi connectivity index (χ1) is 14.7. The minimum absolute atomic E-state index is 0.0107. The minimum atomic E-state index is -0.746. The van der Waals surface area contributed by atoms with Crippen LogP contribution in [-0.4, -0.2) is 71.8 Å². The molecule has 0 aliphatic carbocycles. The van der Waals surface area contributed by atoms with Gasteiger partial charge in [0.2, 0.25) is 0 Å². The number of H-pyrrole nitrogens is 1. The third kappa shape index (κ3) is 3.98. The van der Waals surface area contributed by atoms with Crippen LogP contribution in [-0.2, 0) is 14.3 Å². The number of benzene rings is 1. The van der Waals surface area contributed by atoms with Crippen LogP contribution in [0.5, 0.6) is 0 Å². The van der Waals surface area contributed by atoms with Gasteiger partial charge >= 0.3 is 5.97 Å². The van der Waals surface area contributed by atoms with E-state index in [0.29, 0.717) is 29.9 Å². The Hall–Kier alpha value is -3.39. The number of ketones is 1. The molecule has 1 saturated heterocycles. The molecule has 1 atom stereocenters. The molecule has 164 valence electrons. The Bertz CT molecular complexity index is 1050. The summed E-state index contributed by atoms with van der Waals surface area (Å²) in [4.78, 5) is 44.3. The number of methoxy groups -OCH3 is 1. The number of likely N-dealkylation sites (tertiary alicyclic amines) is 1. The lowest BCUT2D eigenvalue weighted by Crippen LogP contribution is -2.35. The lowest BCUT2D eigenvalue weighted by molar-refractivity contribution is -0.140. The molecule has 2 N–H and O–H groups in total. The highest BCUT2D eigenvalue weighted by Crippen LogP contribution is 2.40. The van der Waals surface area contributed by atoms with Crippen molar-refractivity contribution in [2.75, 3.05) is 34.3 Å². The van der Waals surface area contributed by atoms with E-state index in [1.165, 1.54) is 12.0 Å². The van der Waals surface area contributed by atoms with E-state index in [-0.39, 0.29) is 17.0 Å². The molecule has 0 unspecified atom stereocenters. The fourth-order valence-electron chi connectivity index (χ4n) is 3.95. The number of aromatic amines is 1. The number of carbonyl (C=O) groups is 3. The van der Waals surface area contributed by atoms with Gasteiger partial charge in [-0.15, -0.1) is 0 Å². The quantitative estimate of drug-likeness (QED) is 0.319. The average molecular weight is 425 g/mol. The molecule has 31 heavy (non-hydrogen) atoms. The van der Waals surface area contributed by atoms with Crippen LogP contribution in [0.15, 0.2) is 35.9 Å². The number of aryl methyl sites for hydroxylation is 1.